The lowest BCUT2D eigenvalue weighted by Gasteiger charge is -2.23. The summed E-state index contributed by atoms with van der Waals surface area (Å²) in [4.78, 5) is 0. The van der Waals surface area contributed by atoms with Crippen LogP contribution in [0.4, 0.5) is 10.3 Å². The SMILES string of the molecule is Cc1ccc(C2=CC(c3cccc(F)c3)n3nnnc3N2)cc1. The molecule has 2 aromatic carbocycles. The summed E-state index contributed by atoms with van der Waals surface area (Å²) in [5.41, 5.74) is 3.93. The summed E-state index contributed by atoms with van der Waals surface area (Å²) < 4.78 is 15.2. The van der Waals surface area contributed by atoms with Gasteiger partial charge in [-0.2, -0.15) is 4.68 Å². The number of rotatable bonds is 2. The molecule has 1 atom stereocenters. The fourth-order valence-electron chi connectivity index (χ4n) is 2.68. The second-order valence-corrected chi connectivity index (χ2v) is 5.52. The van der Waals surface area contributed by atoms with Gasteiger partial charge in [0, 0.05) is 5.70 Å². The second kappa shape index (κ2) is 5.31. The minimum absolute atomic E-state index is 0.256. The molecule has 4 rings (SSSR count). The molecule has 0 saturated carbocycles. The summed E-state index contributed by atoms with van der Waals surface area (Å²) in [7, 11) is 0. The van der Waals surface area contributed by atoms with Crippen molar-refractivity contribution >= 4 is 11.6 Å². The van der Waals surface area contributed by atoms with Crippen LogP contribution in [0.15, 0.2) is 54.6 Å². The number of aryl methyl sites for hydroxylation is 1. The molecule has 23 heavy (non-hydrogen) atoms. The molecule has 0 spiro atoms. The van der Waals surface area contributed by atoms with E-state index >= 15 is 0 Å². The molecule has 1 N–H and O–H groups in total. The van der Waals surface area contributed by atoms with Gasteiger partial charge in [-0.15, -0.1) is 0 Å². The average molecular weight is 307 g/mol. The fraction of sp³-hybridized carbons (Fsp3) is 0.118. The van der Waals surface area contributed by atoms with E-state index in [1.165, 1.54) is 17.7 Å². The molecule has 2 heterocycles. The van der Waals surface area contributed by atoms with Crippen LogP contribution in [0.1, 0.15) is 22.7 Å². The zero-order chi connectivity index (χ0) is 15.8. The third-order valence-electron chi connectivity index (χ3n) is 3.88. The fourth-order valence-corrected chi connectivity index (χ4v) is 2.68. The number of hydrogen-bond donors (Lipinski definition) is 1. The van der Waals surface area contributed by atoms with Gasteiger partial charge >= 0.3 is 0 Å². The van der Waals surface area contributed by atoms with Crippen LogP contribution in [0.3, 0.4) is 0 Å². The Bertz CT molecular complexity index is 882. The molecule has 5 nitrogen and oxygen atoms in total. The van der Waals surface area contributed by atoms with Crippen LogP contribution in [0, 0.1) is 12.7 Å². The lowest BCUT2D eigenvalue weighted by Crippen LogP contribution is -2.20. The molecule has 6 heteroatoms. The van der Waals surface area contributed by atoms with Crippen LogP contribution >= 0.6 is 0 Å². The number of aromatic nitrogens is 4. The third-order valence-corrected chi connectivity index (χ3v) is 3.88. The molecule has 1 aromatic heterocycles. The van der Waals surface area contributed by atoms with Gasteiger partial charge in [0.2, 0.25) is 5.95 Å². The second-order valence-electron chi connectivity index (χ2n) is 5.52. The highest BCUT2D eigenvalue weighted by atomic mass is 19.1. The van der Waals surface area contributed by atoms with Gasteiger partial charge in [0.05, 0.1) is 0 Å². The molecule has 1 unspecified atom stereocenters. The summed E-state index contributed by atoms with van der Waals surface area (Å²) in [5, 5.41) is 15.0. The van der Waals surface area contributed by atoms with Crippen molar-refractivity contribution in [3.63, 3.8) is 0 Å². The Morgan fingerprint density at radius 3 is 2.74 bits per heavy atom. The highest BCUT2D eigenvalue weighted by Crippen LogP contribution is 2.31. The number of nitrogens with one attached hydrogen (secondary N) is 1. The van der Waals surface area contributed by atoms with E-state index in [0.717, 1.165) is 16.8 Å². The molecule has 114 valence electrons. The van der Waals surface area contributed by atoms with Gasteiger partial charge in [-0.05, 0) is 46.7 Å². The van der Waals surface area contributed by atoms with Crippen molar-refractivity contribution in [3.8, 4) is 0 Å². The van der Waals surface area contributed by atoms with E-state index in [4.69, 9.17) is 0 Å². The lowest BCUT2D eigenvalue weighted by atomic mass is 10.0. The zero-order valence-electron chi connectivity index (χ0n) is 12.4. The van der Waals surface area contributed by atoms with Crippen LogP contribution in [-0.4, -0.2) is 20.2 Å². The van der Waals surface area contributed by atoms with E-state index in [2.05, 4.69) is 20.8 Å². The number of hydrogen-bond acceptors (Lipinski definition) is 4. The average Bonchev–Trinajstić information content (AvgIpc) is 3.03. The number of anilines is 1. The molecule has 0 bridgehead atoms. The Hall–Kier alpha value is -3.02. The summed E-state index contributed by atoms with van der Waals surface area (Å²) in [6.07, 6.45) is 2.00. The molecule has 0 radical (unpaired) electrons. The smallest absolute Gasteiger partial charge is 0.248 e. The zero-order valence-corrected chi connectivity index (χ0v) is 12.4. The van der Waals surface area contributed by atoms with Crippen molar-refractivity contribution in [3.05, 3.63) is 77.1 Å². The lowest BCUT2D eigenvalue weighted by molar-refractivity contribution is 0.576. The van der Waals surface area contributed by atoms with Crippen LogP contribution in [0.2, 0.25) is 0 Å². The van der Waals surface area contributed by atoms with E-state index < -0.39 is 0 Å². The highest BCUT2D eigenvalue weighted by Gasteiger charge is 2.24. The van der Waals surface area contributed by atoms with Gasteiger partial charge in [0.15, 0.2) is 0 Å². The molecule has 1 aliphatic rings. The Balaban J connectivity index is 1.81. The molecule has 0 fully saturated rings. The number of fused-ring (bicyclic) bond motifs is 1. The summed E-state index contributed by atoms with van der Waals surface area (Å²) in [6, 6.07) is 14.4. The monoisotopic (exact) mass is 307 g/mol. The number of allylic oxidation sites excluding steroid dienone is 1. The predicted molar refractivity (Wildman–Crippen MR) is 85.1 cm³/mol. The number of halogens is 1. The Labute approximate surface area is 132 Å². The molecular formula is C17H14FN5. The maximum absolute atomic E-state index is 13.6. The maximum Gasteiger partial charge on any atom is 0.248 e. The molecule has 3 aromatic rings. The van der Waals surface area contributed by atoms with E-state index in [1.807, 2.05) is 43.3 Å². The standard InChI is InChI=1S/C17H14FN5/c1-11-5-7-12(8-6-11)15-10-16(13-3-2-4-14(18)9-13)23-17(19-15)20-21-22-23/h2-10,16H,1H3,(H,19,20,22). The highest BCUT2D eigenvalue weighted by molar-refractivity contribution is 5.77. The van der Waals surface area contributed by atoms with Gasteiger partial charge in [-0.1, -0.05) is 47.1 Å². The first-order chi connectivity index (χ1) is 11.2. The first-order valence-corrected chi connectivity index (χ1v) is 7.30. The van der Waals surface area contributed by atoms with Gasteiger partial charge in [-0.3, -0.25) is 0 Å². The van der Waals surface area contributed by atoms with Crippen LogP contribution in [0.25, 0.3) is 5.70 Å². The van der Waals surface area contributed by atoms with Crippen molar-refractivity contribution in [1.29, 1.82) is 0 Å². The predicted octanol–water partition coefficient (Wildman–Crippen LogP) is 3.18. The topological polar surface area (TPSA) is 55.6 Å². The maximum atomic E-state index is 13.6. The van der Waals surface area contributed by atoms with Crippen molar-refractivity contribution in [2.45, 2.75) is 13.0 Å². The molecule has 0 saturated heterocycles. The minimum Gasteiger partial charge on any atom is -0.323 e. The van der Waals surface area contributed by atoms with Gasteiger partial charge in [-0.25, -0.2) is 4.39 Å². The molecule has 1 aliphatic heterocycles. The largest absolute Gasteiger partial charge is 0.323 e. The van der Waals surface area contributed by atoms with Gasteiger partial charge in [0.1, 0.15) is 11.9 Å². The Morgan fingerprint density at radius 1 is 1.13 bits per heavy atom. The molecule has 0 amide bonds. The first-order valence-electron chi connectivity index (χ1n) is 7.30. The number of tetrazole rings is 1. The van der Waals surface area contributed by atoms with E-state index in [-0.39, 0.29) is 11.9 Å². The van der Waals surface area contributed by atoms with E-state index in [9.17, 15) is 4.39 Å². The van der Waals surface area contributed by atoms with Crippen molar-refractivity contribution < 1.29 is 4.39 Å². The van der Waals surface area contributed by atoms with Gasteiger partial charge in [0.25, 0.3) is 0 Å². The van der Waals surface area contributed by atoms with E-state index in [1.54, 1.807) is 10.7 Å². The normalized spacial score (nSPS) is 16.4. The Kier molecular flexibility index (Phi) is 3.15. The minimum atomic E-state index is -0.277. The van der Waals surface area contributed by atoms with Crippen molar-refractivity contribution in [2.24, 2.45) is 0 Å². The van der Waals surface area contributed by atoms with Crippen molar-refractivity contribution in [1.82, 2.24) is 20.2 Å². The quantitative estimate of drug-likeness (QED) is 0.790. The van der Waals surface area contributed by atoms with Crippen LogP contribution < -0.4 is 5.32 Å². The third kappa shape index (κ3) is 2.48. The van der Waals surface area contributed by atoms with Gasteiger partial charge < -0.3 is 5.32 Å². The van der Waals surface area contributed by atoms with Crippen LogP contribution in [0.5, 0.6) is 0 Å². The molecular weight excluding hydrogens is 293 g/mol. The summed E-state index contributed by atoms with van der Waals surface area (Å²) >= 11 is 0. The summed E-state index contributed by atoms with van der Waals surface area (Å²) in [5.74, 6) is 0.262. The summed E-state index contributed by atoms with van der Waals surface area (Å²) in [6.45, 7) is 2.04. The number of benzene rings is 2. The van der Waals surface area contributed by atoms with E-state index in [0.29, 0.717) is 5.95 Å². The molecule has 0 aliphatic carbocycles. The first kappa shape index (κ1) is 13.6. The van der Waals surface area contributed by atoms with Crippen molar-refractivity contribution in [2.75, 3.05) is 5.32 Å². The number of nitrogens with zero attached hydrogens (tertiary/aromatic N) is 4. The Morgan fingerprint density at radius 2 is 1.96 bits per heavy atom. The van der Waals surface area contributed by atoms with Crippen LogP contribution in [-0.2, 0) is 0 Å².